The summed E-state index contributed by atoms with van der Waals surface area (Å²) in [5.74, 6) is -0.420. The summed E-state index contributed by atoms with van der Waals surface area (Å²) in [7, 11) is 0. The van der Waals surface area contributed by atoms with E-state index in [0.717, 1.165) is 32.5 Å². The molecule has 0 atom stereocenters. The summed E-state index contributed by atoms with van der Waals surface area (Å²) in [4.78, 5) is 24.7. The number of hydrogen-bond donors (Lipinski definition) is 0. The zero-order chi connectivity index (χ0) is 17.6. The van der Waals surface area contributed by atoms with Crippen LogP contribution in [0.25, 0.3) is 0 Å². The first-order valence-corrected chi connectivity index (χ1v) is 8.33. The predicted octanol–water partition coefficient (Wildman–Crippen LogP) is 3.84. The Morgan fingerprint density at radius 3 is 2.27 bits per heavy atom. The fourth-order valence-electron chi connectivity index (χ4n) is 2.97. The minimum absolute atomic E-state index is 0. The second-order valence-electron chi connectivity index (χ2n) is 6.17. The number of hydrogen-bond acceptors (Lipinski definition) is 5. The molecule has 0 N–H and O–H groups in total. The van der Waals surface area contributed by atoms with Crippen molar-refractivity contribution >= 4 is 24.1 Å². The lowest BCUT2D eigenvalue weighted by Crippen LogP contribution is -2.37. The Hall–Kier alpha value is -2.44. The molecule has 0 bridgehead atoms. The maximum Gasteiger partial charge on any atom is 0.338 e. The van der Waals surface area contributed by atoms with Crippen LogP contribution in [0.4, 0.5) is 5.69 Å². The molecule has 1 aliphatic rings. The van der Waals surface area contributed by atoms with Crippen molar-refractivity contribution in [2.75, 3.05) is 13.1 Å². The van der Waals surface area contributed by atoms with Crippen LogP contribution >= 0.6 is 12.4 Å². The molecule has 0 unspecified atom stereocenters. The first kappa shape index (κ1) is 19.9. The molecule has 26 heavy (non-hydrogen) atoms. The topological polar surface area (TPSA) is 72.7 Å². The third-order valence-corrected chi connectivity index (χ3v) is 4.37. The summed E-state index contributed by atoms with van der Waals surface area (Å²) in [6, 6.07) is 15.8. The van der Waals surface area contributed by atoms with Gasteiger partial charge in [0.2, 0.25) is 0 Å². The van der Waals surface area contributed by atoms with Gasteiger partial charge in [-0.1, -0.05) is 30.3 Å². The van der Waals surface area contributed by atoms with Gasteiger partial charge in [-0.15, -0.1) is 12.4 Å². The van der Waals surface area contributed by atoms with Crippen LogP contribution in [0.3, 0.4) is 0 Å². The molecule has 0 aromatic heterocycles. The van der Waals surface area contributed by atoms with E-state index in [4.69, 9.17) is 4.74 Å². The van der Waals surface area contributed by atoms with Gasteiger partial charge in [0.1, 0.15) is 6.10 Å². The molecule has 6 nitrogen and oxygen atoms in total. The second-order valence-corrected chi connectivity index (χ2v) is 6.17. The van der Waals surface area contributed by atoms with Crippen molar-refractivity contribution in [1.82, 2.24) is 4.90 Å². The van der Waals surface area contributed by atoms with Crippen molar-refractivity contribution in [3.8, 4) is 0 Å². The number of nitro groups is 1. The maximum atomic E-state index is 12.2. The quantitative estimate of drug-likeness (QED) is 0.450. The van der Waals surface area contributed by atoms with Gasteiger partial charge in [-0.2, -0.15) is 0 Å². The fraction of sp³-hybridized carbons (Fsp3) is 0.316. The summed E-state index contributed by atoms with van der Waals surface area (Å²) in [6.45, 7) is 2.67. The van der Waals surface area contributed by atoms with E-state index in [-0.39, 0.29) is 24.2 Å². The van der Waals surface area contributed by atoms with Gasteiger partial charge in [0, 0.05) is 31.8 Å². The molecular formula is C19H21ClN2O4. The summed E-state index contributed by atoms with van der Waals surface area (Å²) < 4.78 is 5.54. The number of carbonyl (C=O) groups excluding carboxylic acids is 1. The van der Waals surface area contributed by atoms with Crippen molar-refractivity contribution < 1.29 is 14.5 Å². The van der Waals surface area contributed by atoms with Crippen molar-refractivity contribution in [2.45, 2.75) is 25.5 Å². The number of benzene rings is 2. The Bertz CT molecular complexity index is 729. The minimum atomic E-state index is -0.489. The van der Waals surface area contributed by atoms with Crippen LogP contribution in [0, 0.1) is 10.1 Å². The number of ether oxygens (including phenoxy) is 1. The van der Waals surface area contributed by atoms with Crippen LogP contribution in [0.15, 0.2) is 54.6 Å². The monoisotopic (exact) mass is 376 g/mol. The van der Waals surface area contributed by atoms with Gasteiger partial charge >= 0.3 is 5.97 Å². The highest BCUT2D eigenvalue weighted by Gasteiger charge is 2.23. The van der Waals surface area contributed by atoms with Crippen molar-refractivity contribution in [3.63, 3.8) is 0 Å². The van der Waals surface area contributed by atoms with E-state index in [1.54, 1.807) is 0 Å². The molecule has 1 saturated heterocycles. The Labute approximate surface area is 158 Å². The number of esters is 1. The van der Waals surface area contributed by atoms with Gasteiger partial charge in [-0.25, -0.2) is 4.79 Å². The van der Waals surface area contributed by atoms with Crippen LogP contribution in [0.5, 0.6) is 0 Å². The molecule has 2 aromatic carbocycles. The molecule has 0 amide bonds. The van der Waals surface area contributed by atoms with Gasteiger partial charge < -0.3 is 4.74 Å². The lowest BCUT2D eigenvalue weighted by molar-refractivity contribution is -0.384. The average Bonchev–Trinajstić information content (AvgIpc) is 2.64. The van der Waals surface area contributed by atoms with Crippen LogP contribution < -0.4 is 0 Å². The molecule has 7 heteroatoms. The zero-order valence-corrected chi connectivity index (χ0v) is 15.1. The van der Waals surface area contributed by atoms with E-state index >= 15 is 0 Å². The average molecular weight is 377 g/mol. The number of piperidine rings is 1. The molecule has 3 rings (SSSR count). The minimum Gasteiger partial charge on any atom is -0.459 e. The summed E-state index contributed by atoms with van der Waals surface area (Å²) in [5.41, 5.74) is 1.59. The highest BCUT2D eigenvalue weighted by molar-refractivity contribution is 5.89. The van der Waals surface area contributed by atoms with Gasteiger partial charge in [0.15, 0.2) is 0 Å². The lowest BCUT2D eigenvalue weighted by Gasteiger charge is -2.31. The first-order chi connectivity index (χ1) is 12.1. The number of halogens is 1. The van der Waals surface area contributed by atoms with Gasteiger partial charge in [-0.05, 0) is 30.5 Å². The summed E-state index contributed by atoms with van der Waals surface area (Å²) in [5, 5.41) is 10.6. The molecule has 0 saturated carbocycles. The molecule has 1 aliphatic heterocycles. The first-order valence-electron chi connectivity index (χ1n) is 8.33. The van der Waals surface area contributed by atoms with E-state index in [1.165, 1.54) is 29.8 Å². The molecule has 1 fully saturated rings. The van der Waals surface area contributed by atoms with Crippen LogP contribution in [0.1, 0.15) is 28.8 Å². The van der Waals surface area contributed by atoms with Gasteiger partial charge in [-0.3, -0.25) is 15.0 Å². The Balaban J connectivity index is 0.00000243. The third kappa shape index (κ3) is 5.28. The SMILES string of the molecule is Cl.O=C(OC1CCN(Cc2ccccc2)CC1)c1ccc([N+](=O)[O-])cc1. The number of rotatable bonds is 5. The molecule has 0 spiro atoms. The number of non-ortho nitro benzene ring substituents is 1. The van der Waals surface area contributed by atoms with Crippen molar-refractivity contribution in [1.29, 1.82) is 0 Å². The van der Waals surface area contributed by atoms with E-state index in [9.17, 15) is 14.9 Å². The molecule has 0 aliphatic carbocycles. The highest BCUT2D eigenvalue weighted by Crippen LogP contribution is 2.19. The third-order valence-electron chi connectivity index (χ3n) is 4.37. The van der Waals surface area contributed by atoms with E-state index in [1.807, 2.05) is 18.2 Å². The molecule has 1 heterocycles. The fourth-order valence-corrected chi connectivity index (χ4v) is 2.97. The molecule has 0 radical (unpaired) electrons. The normalized spacial score (nSPS) is 15.1. The van der Waals surface area contributed by atoms with Crippen molar-refractivity contribution in [2.24, 2.45) is 0 Å². The summed E-state index contributed by atoms with van der Waals surface area (Å²) >= 11 is 0. The Morgan fingerprint density at radius 2 is 1.69 bits per heavy atom. The standard InChI is InChI=1S/C19H20N2O4.ClH/c22-19(16-6-8-17(9-7-16)21(23)24)25-18-10-12-20(13-11-18)14-15-4-2-1-3-5-15;/h1-9,18H,10-14H2;1H. The van der Waals surface area contributed by atoms with E-state index < -0.39 is 10.9 Å². The molecule has 138 valence electrons. The smallest absolute Gasteiger partial charge is 0.338 e. The van der Waals surface area contributed by atoms with Gasteiger partial charge in [0.05, 0.1) is 10.5 Å². The Kier molecular flexibility index (Phi) is 7.12. The molecular weight excluding hydrogens is 356 g/mol. The lowest BCUT2D eigenvalue weighted by atomic mass is 10.1. The highest BCUT2D eigenvalue weighted by atomic mass is 35.5. The van der Waals surface area contributed by atoms with Gasteiger partial charge in [0.25, 0.3) is 5.69 Å². The van der Waals surface area contributed by atoms with Crippen LogP contribution in [-0.4, -0.2) is 35.0 Å². The van der Waals surface area contributed by atoms with Crippen LogP contribution in [0.2, 0.25) is 0 Å². The number of nitro benzene ring substituents is 1. The van der Waals surface area contributed by atoms with Crippen LogP contribution in [-0.2, 0) is 11.3 Å². The van der Waals surface area contributed by atoms with E-state index in [0.29, 0.717) is 5.56 Å². The second kappa shape index (κ2) is 9.31. The molecule has 2 aromatic rings. The number of nitrogens with zero attached hydrogens (tertiary/aromatic N) is 2. The Morgan fingerprint density at radius 1 is 1.08 bits per heavy atom. The zero-order valence-electron chi connectivity index (χ0n) is 14.2. The number of carbonyl (C=O) groups is 1. The predicted molar refractivity (Wildman–Crippen MR) is 101 cm³/mol. The maximum absolute atomic E-state index is 12.2. The largest absolute Gasteiger partial charge is 0.459 e. The summed E-state index contributed by atoms with van der Waals surface area (Å²) in [6.07, 6.45) is 1.49. The van der Waals surface area contributed by atoms with E-state index in [2.05, 4.69) is 17.0 Å². The van der Waals surface area contributed by atoms with Crippen molar-refractivity contribution in [3.05, 3.63) is 75.8 Å². The number of likely N-dealkylation sites (tertiary alicyclic amines) is 1.